The van der Waals surface area contributed by atoms with Gasteiger partial charge in [0.2, 0.25) is 0 Å². The Bertz CT molecular complexity index is 626. The first-order valence-electron chi connectivity index (χ1n) is 5.46. The number of rotatable bonds is 3. The van der Waals surface area contributed by atoms with E-state index in [-0.39, 0.29) is 16.7 Å². The van der Waals surface area contributed by atoms with Crippen molar-refractivity contribution in [2.45, 2.75) is 6.10 Å². The van der Waals surface area contributed by atoms with Crippen LogP contribution >= 0.6 is 0 Å². The van der Waals surface area contributed by atoms with Gasteiger partial charge in [0.05, 0.1) is 0 Å². The minimum absolute atomic E-state index is 0.00727. The molecule has 0 aliphatic rings. The predicted octanol–water partition coefficient (Wildman–Crippen LogP) is 2.75. The summed E-state index contributed by atoms with van der Waals surface area (Å²) < 4.78 is 27.3. The maximum Gasteiger partial charge on any atom is 0.337 e. The quantitative estimate of drug-likeness (QED) is 0.896. The number of aliphatic hydroxyl groups is 1. The molecule has 2 rings (SSSR count). The van der Waals surface area contributed by atoms with Crippen LogP contribution in [-0.2, 0) is 4.79 Å². The summed E-state index contributed by atoms with van der Waals surface area (Å²) in [6, 6.07) is 8.85. The van der Waals surface area contributed by atoms with Crippen LogP contribution in [0.2, 0.25) is 0 Å². The van der Waals surface area contributed by atoms with Crippen LogP contribution < -0.4 is 0 Å². The molecule has 0 bridgehead atoms. The number of halogens is 2. The number of hydrogen-bond acceptors (Lipinski definition) is 2. The SMILES string of the molecule is O=C(O)C(O)c1ccc(F)c(-c2ccccc2F)c1. The minimum atomic E-state index is -1.77. The topological polar surface area (TPSA) is 57.5 Å². The molecule has 1 atom stereocenters. The van der Waals surface area contributed by atoms with Gasteiger partial charge < -0.3 is 10.2 Å². The Morgan fingerprint density at radius 2 is 1.63 bits per heavy atom. The zero-order valence-corrected chi connectivity index (χ0v) is 9.68. The van der Waals surface area contributed by atoms with E-state index in [1.807, 2.05) is 0 Å². The lowest BCUT2D eigenvalue weighted by molar-refractivity contribution is -0.146. The van der Waals surface area contributed by atoms with E-state index in [0.29, 0.717) is 0 Å². The number of carboxylic acid groups (broad SMARTS) is 1. The fourth-order valence-corrected chi connectivity index (χ4v) is 1.74. The van der Waals surface area contributed by atoms with Crippen LogP contribution in [0.1, 0.15) is 11.7 Å². The number of hydrogen-bond donors (Lipinski definition) is 2. The molecule has 0 heterocycles. The van der Waals surface area contributed by atoms with Crippen molar-refractivity contribution >= 4 is 5.97 Å². The molecule has 2 aromatic rings. The number of aliphatic carboxylic acids is 1. The Hall–Kier alpha value is -2.27. The molecule has 0 amide bonds. The third-order valence-electron chi connectivity index (χ3n) is 2.70. The first-order valence-corrected chi connectivity index (χ1v) is 5.46. The van der Waals surface area contributed by atoms with Crippen molar-refractivity contribution in [3.05, 3.63) is 59.7 Å². The van der Waals surface area contributed by atoms with Crippen LogP contribution in [0.25, 0.3) is 11.1 Å². The highest BCUT2D eigenvalue weighted by atomic mass is 19.1. The van der Waals surface area contributed by atoms with E-state index in [9.17, 15) is 18.7 Å². The lowest BCUT2D eigenvalue weighted by Crippen LogP contribution is -2.10. The van der Waals surface area contributed by atoms with Crippen LogP contribution in [0.4, 0.5) is 8.78 Å². The van der Waals surface area contributed by atoms with E-state index in [4.69, 9.17) is 5.11 Å². The van der Waals surface area contributed by atoms with E-state index in [1.54, 1.807) is 0 Å². The molecule has 2 aromatic carbocycles. The maximum absolute atomic E-state index is 13.7. The first-order chi connectivity index (χ1) is 9.00. The second kappa shape index (κ2) is 5.16. The maximum atomic E-state index is 13.7. The molecular formula is C14H10F2O3. The van der Waals surface area contributed by atoms with Gasteiger partial charge in [-0.05, 0) is 23.8 Å². The summed E-state index contributed by atoms with van der Waals surface area (Å²) in [6.45, 7) is 0. The number of carboxylic acids is 1. The monoisotopic (exact) mass is 264 g/mol. The third-order valence-corrected chi connectivity index (χ3v) is 2.70. The molecule has 0 aliphatic carbocycles. The summed E-state index contributed by atoms with van der Waals surface area (Å²) in [7, 11) is 0. The first kappa shape index (κ1) is 13.2. The zero-order chi connectivity index (χ0) is 14.0. The molecule has 3 nitrogen and oxygen atoms in total. The fourth-order valence-electron chi connectivity index (χ4n) is 1.74. The molecule has 0 saturated heterocycles. The van der Waals surface area contributed by atoms with Gasteiger partial charge in [0.1, 0.15) is 11.6 Å². The molecule has 0 aliphatic heterocycles. The Morgan fingerprint density at radius 3 is 2.26 bits per heavy atom. The van der Waals surface area contributed by atoms with Crippen molar-refractivity contribution in [1.82, 2.24) is 0 Å². The molecule has 1 unspecified atom stereocenters. The van der Waals surface area contributed by atoms with Gasteiger partial charge in [0, 0.05) is 11.1 Å². The standard InChI is InChI=1S/C14H10F2O3/c15-11-4-2-1-3-9(11)10-7-8(5-6-12(10)16)13(17)14(18)19/h1-7,13,17H,(H,18,19). The highest BCUT2D eigenvalue weighted by Crippen LogP contribution is 2.28. The minimum Gasteiger partial charge on any atom is -0.479 e. The molecule has 0 aromatic heterocycles. The van der Waals surface area contributed by atoms with Gasteiger partial charge in [0.25, 0.3) is 0 Å². The molecule has 0 radical (unpaired) electrons. The molecular weight excluding hydrogens is 254 g/mol. The number of benzene rings is 2. The number of aliphatic hydroxyl groups excluding tert-OH is 1. The van der Waals surface area contributed by atoms with E-state index in [1.165, 1.54) is 24.3 Å². The highest BCUT2D eigenvalue weighted by molar-refractivity contribution is 5.75. The average Bonchev–Trinajstić information content (AvgIpc) is 2.39. The van der Waals surface area contributed by atoms with E-state index < -0.39 is 23.7 Å². The normalized spacial score (nSPS) is 12.2. The molecule has 98 valence electrons. The van der Waals surface area contributed by atoms with Crippen molar-refractivity contribution in [1.29, 1.82) is 0 Å². The number of carbonyl (C=O) groups is 1. The van der Waals surface area contributed by atoms with E-state index >= 15 is 0 Å². The van der Waals surface area contributed by atoms with Gasteiger partial charge in [-0.3, -0.25) is 0 Å². The molecule has 2 N–H and O–H groups in total. The summed E-state index contributed by atoms with van der Waals surface area (Å²) >= 11 is 0. The summed E-state index contributed by atoms with van der Waals surface area (Å²) in [5, 5.41) is 18.1. The Kier molecular flexibility index (Phi) is 3.57. The Labute approximate surface area is 107 Å². The highest BCUT2D eigenvalue weighted by Gasteiger charge is 2.18. The van der Waals surface area contributed by atoms with Gasteiger partial charge >= 0.3 is 5.97 Å². The lowest BCUT2D eigenvalue weighted by Gasteiger charge is -2.10. The summed E-state index contributed by atoms with van der Waals surface area (Å²) in [6.07, 6.45) is -1.77. The lowest BCUT2D eigenvalue weighted by atomic mass is 9.99. The largest absolute Gasteiger partial charge is 0.479 e. The second-order valence-corrected chi connectivity index (χ2v) is 3.96. The van der Waals surface area contributed by atoms with Gasteiger partial charge in [0.15, 0.2) is 6.10 Å². The van der Waals surface area contributed by atoms with E-state index in [0.717, 1.165) is 18.2 Å². The van der Waals surface area contributed by atoms with Crippen molar-refractivity contribution < 1.29 is 23.8 Å². The van der Waals surface area contributed by atoms with Crippen molar-refractivity contribution in [3.8, 4) is 11.1 Å². The Balaban J connectivity index is 2.55. The average molecular weight is 264 g/mol. The Morgan fingerprint density at radius 1 is 1.00 bits per heavy atom. The summed E-state index contributed by atoms with van der Waals surface area (Å²) in [5.74, 6) is -2.76. The molecule has 19 heavy (non-hydrogen) atoms. The molecule has 0 fully saturated rings. The van der Waals surface area contributed by atoms with Crippen molar-refractivity contribution in [2.75, 3.05) is 0 Å². The van der Waals surface area contributed by atoms with Gasteiger partial charge in [-0.1, -0.05) is 24.3 Å². The zero-order valence-electron chi connectivity index (χ0n) is 9.68. The van der Waals surface area contributed by atoms with Crippen molar-refractivity contribution in [3.63, 3.8) is 0 Å². The summed E-state index contributed by atoms with van der Waals surface area (Å²) in [4.78, 5) is 10.7. The van der Waals surface area contributed by atoms with Crippen LogP contribution in [-0.4, -0.2) is 16.2 Å². The second-order valence-electron chi connectivity index (χ2n) is 3.96. The summed E-state index contributed by atoms with van der Waals surface area (Å²) in [5.41, 5.74) is -0.0810. The van der Waals surface area contributed by atoms with Crippen LogP contribution in [0.5, 0.6) is 0 Å². The van der Waals surface area contributed by atoms with Gasteiger partial charge in [-0.15, -0.1) is 0 Å². The van der Waals surface area contributed by atoms with Crippen molar-refractivity contribution in [2.24, 2.45) is 0 Å². The third kappa shape index (κ3) is 2.61. The smallest absolute Gasteiger partial charge is 0.337 e. The predicted molar refractivity (Wildman–Crippen MR) is 64.4 cm³/mol. The molecule has 5 heteroatoms. The van der Waals surface area contributed by atoms with Gasteiger partial charge in [-0.2, -0.15) is 0 Å². The fraction of sp³-hybridized carbons (Fsp3) is 0.0714. The van der Waals surface area contributed by atoms with Crippen LogP contribution in [0.3, 0.4) is 0 Å². The van der Waals surface area contributed by atoms with E-state index in [2.05, 4.69) is 0 Å². The van der Waals surface area contributed by atoms with Crippen LogP contribution in [0, 0.1) is 11.6 Å². The molecule has 0 saturated carbocycles. The van der Waals surface area contributed by atoms with Gasteiger partial charge in [-0.25, -0.2) is 13.6 Å². The molecule has 0 spiro atoms. The van der Waals surface area contributed by atoms with Crippen LogP contribution in [0.15, 0.2) is 42.5 Å².